The van der Waals surface area contributed by atoms with Crippen LogP contribution in [0.25, 0.3) is 0 Å². The van der Waals surface area contributed by atoms with Gasteiger partial charge in [-0.05, 0) is 0 Å². The van der Waals surface area contributed by atoms with Crippen LogP contribution in [0.15, 0.2) is 12.7 Å². The standard InChI is InChI=1S/C7H8F3NO8S2/c1-2-5(12)18-4-19-6(13)7(9,10)21(16,17)11-20(14,15)3-8/h2,11H,1,3-4H2. The molecule has 0 rings (SSSR count). The Kier molecular flexibility index (Phi) is 6.31. The van der Waals surface area contributed by atoms with Gasteiger partial charge in [0.1, 0.15) is 0 Å². The maximum atomic E-state index is 13.2. The molecule has 0 atom stereocenters. The van der Waals surface area contributed by atoms with Gasteiger partial charge in [-0.1, -0.05) is 6.58 Å². The lowest BCUT2D eigenvalue weighted by Gasteiger charge is -2.15. The highest BCUT2D eigenvalue weighted by Gasteiger charge is 2.56. The minimum absolute atomic E-state index is 0.309. The Bertz CT molecular complexity index is 626. The van der Waals surface area contributed by atoms with E-state index in [0.717, 1.165) is 0 Å². The third kappa shape index (κ3) is 5.31. The maximum Gasteiger partial charge on any atom is 0.455 e. The number of hydrogen-bond acceptors (Lipinski definition) is 8. The van der Waals surface area contributed by atoms with Gasteiger partial charge in [0.05, 0.1) is 0 Å². The lowest BCUT2D eigenvalue weighted by molar-refractivity contribution is -0.176. The maximum absolute atomic E-state index is 13.2. The van der Waals surface area contributed by atoms with Crippen molar-refractivity contribution >= 4 is 32.0 Å². The van der Waals surface area contributed by atoms with Crippen LogP contribution in [0.3, 0.4) is 0 Å². The molecule has 0 unspecified atom stereocenters. The topological polar surface area (TPSA) is 133 Å². The van der Waals surface area contributed by atoms with Gasteiger partial charge in [-0.3, -0.25) is 0 Å². The summed E-state index contributed by atoms with van der Waals surface area (Å²) in [4.78, 5) is 21.4. The molecule has 21 heavy (non-hydrogen) atoms. The summed E-state index contributed by atoms with van der Waals surface area (Å²) in [6.45, 7) is 1.55. The van der Waals surface area contributed by atoms with Crippen molar-refractivity contribution in [3.05, 3.63) is 12.7 Å². The van der Waals surface area contributed by atoms with Crippen molar-refractivity contribution in [3.63, 3.8) is 0 Å². The molecule has 1 N–H and O–H groups in total. The lowest BCUT2D eigenvalue weighted by Crippen LogP contribution is -2.48. The first kappa shape index (κ1) is 19.3. The summed E-state index contributed by atoms with van der Waals surface area (Å²) in [6, 6.07) is -2.31. The highest BCUT2D eigenvalue weighted by molar-refractivity contribution is 8.05. The van der Waals surface area contributed by atoms with Crippen LogP contribution >= 0.6 is 0 Å². The lowest BCUT2D eigenvalue weighted by atomic mass is 10.7. The number of hydrogen-bond donors (Lipinski definition) is 1. The molecule has 0 heterocycles. The number of esters is 2. The average molecular weight is 355 g/mol. The molecule has 14 heteroatoms. The predicted octanol–water partition coefficient (Wildman–Crippen LogP) is -1.01. The SMILES string of the molecule is C=CC(=O)OCOC(=O)C(F)(F)S(=O)(=O)NS(=O)(=O)CF. The van der Waals surface area contributed by atoms with E-state index in [0.29, 0.717) is 10.2 Å². The van der Waals surface area contributed by atoms with Gasteiger partial charge >= 0.3 is 27.2 Å². The zero-order valence-corrected chi connectivity index (χ0v) is 11.5. The van der Waals surface area contributed by atoms with Gasteiger partial charge < -0.3 is 9.47 Å². The molecule has 0 saturated carbocycles. The highest BCUT2D eigenvalue weighted by Crippen LogP contribution is 2.23. The van der Waals surface area contributed by atoms with E-state index in [-0.39, 0.29) is 0 Å². The Balaban J connectivity index is 4.98. The molecule has 0 bridgehead atoms. The molecule has 0 aliphatic carbocycles. The molecule has 0 spiro atoms. The monoisotopic (exact) mass is 355 g/mol. The molecule has 0 fully saturated rings. The summed E-state index contributed by atoms with van der Waals surface area (Å²) in [5, 5.41) is -5.37. The zero-order valence-electron chi connectivity index (χ0n) is 9.92. The van der Waals surface area contributed by atoms with Crippen LogP contribution in [0.5, 0.6) is 0 Å². The summed E-state index contributed by atoms with van der Waals surface area (Å²) in [7, 11) is -11.4. The number of sulfonamides is 2. The number of rotatable bonds is 8. The van der Waals surface area contributed by atoms with Crippen LogP contribution < -0.4 is 4.13 Å². The summed E-state index contributed by atoms with van der Waals surface area (Å²) in [5.41, 5.74) is 0. The first-order valence-electron chi connectivity index (χ1n) is 4.55. The fourth-order valence-electron chi connectivity index (χ4n) is 0.635. The van der Waals surface area contributed by atoms with E-state index in [9.17, 15) is 39.6 Å². The summed E-state index contributed by atoms with van der Waals surface area (Å²) in [6.07, 6.45) is 0.595. The van der Waals surface area contributed by atoms with Crippen molar-refractivity contribution in [1.82, 2.24) is 4.13 Å². The second-order valence-electron chi connectivity index (χ2n) is 3.04. The van der Waals surface area contributed by atoms with Gasteiger partial charge in [0, 0.05) is 6.08 Å². The van der Waals surface area contributed by atoms with E-state index in [2.05, 4.69) is 16.1 Å². The zero-order chi connectivity index (χ0) is 16.9. The Morgan fingerprint density at radius 3 is 2.14 bits per heavy atom. The van der Waals surface area contributed by atoms with Crippen LogP contribution in [0, 0.1) is 0 Å². The molecule has 9 nitrogen and oxygen atoms in total. The number of halogens is 3. The number of ether oxygens (including phenoxy) is 2. The number of carbonyl (C=O) groups excluding carboxylic acids is 2. The van der Waals surface area contributed by atoms with E-state index >= 15 is 0 Å². The van der Waals surface area contributed by atoms with Gasteiger partial charge in [0.2, 0.25) is 12.8 Å². The van der Waals surface area contributed by atoms with Crippen LogP contribution in [0.2, 0.25) is 0 Å². The average Bonchev–Trinajstić information content (AvgIpc) is 2.36. The molecule has 0 aromatic rings. The van der Waals surface area contributed by atoms with Gasteiger partial charge in [-0.25, -0.2) is 30.8 Å². The van der Waals surface area contributed by atoms with Gasteiger partial charge in [-0.15, -0.1) is 4.13 Å². The van der Waals surface area contributed by atoms with Crippen molar-refractivity contribution in [2.24, 2.45) is 0 Å². The molecule has 0 aliphatic heterocycles. The van der Waals surface area contributed by atoms with Crippen LogP contribution in [0.4, 0.5) is 13.2 Å². The number of carbonyl (C=O) groups is 2. The fourth-order valence-corrected chi connectivity index (χ4v) is 2.85. The molecule has 0 radical (unpaired) electrons. The largest absolute Gasteiger partial charge is 0.455 e. The molecule has 0 saturated heterocycles. The normalized spacial score (nSPS) is 12.5. The second-order valence-corrected chi connectivity index (χ2v) is 6.68. The van der Waals surface area contributed by atoms with Gasteiger partial charge in [-0.2, -0.15) is 8.78 Å². The second kappa shape index (κ2) is 6.86. The molecule has 122 valence electrons. The first-order valence-corrected chi connectivity index (χ1v) is 7.69. The van der Waals surface area contributed by atoms with Crippen molar-refractivity contribution in [2.45, 2.75) is 5.25 Å². The van der Waals surface area contributed by atoms with Gasteiger partial charge in [0.15, 0.2) is 0 Å². The van der Waals surface area contributed by atoms with E-state index in [1.165, 1.54) is 0 Å². The Labute approximate surface area is 116 Å². The number of alkyl halides is 3. The molecule has 0 aromatic carbocycles. The highest BCUT2D eigenvalue weighted by atomic mass is 32.3. The van der Waals surface area contributed by atoms with Crippen molar-refractivity contribution in [2.75, 3.05) is 12.8 Å². The Morgan fingerprint density at radius 1 is 1.19 bits per heavy atom. The van der Waals surface area contributed by atoms with Crippen LogP contribution in [-0.4, -0.2) is 46.8 Å². The van der Waals surface area contributed by atoms with Crippen molar-refractivity contribution in [3.8, 4) is 0 Å². The quantitative estimate of drug-likeness (QED) is 0.332. The molecular formula is C7H8F3NO8S2. The molecule has 0 aromatic heterocycles. The molecule has 0 aliphatic rings. The fraction of sp³-hybridized carbons (Fsp3) is 0.429. The van der Waals surface area contributed by atoms with Crippen molar-refractivity contribution in [1.29, 1.82) is 0 Å². The minimum atomic E-state index is -6.13. The van der Waals surface area contributed by atoms with Crippen LogP contribution in [-0.2, 0) is 39.1 Å². The summed E-state index contributed by atoms with van der Waals surface area (Å²) < 4.78 is 89.3. The first-order chi connectivity index (χ1) is 9.39. The minimum Gasteiger partial charge on any atom is -0.425 e. The van der Waals surface area contributed by atoms with E-state index in [4.69, 9.17) is 0 Å². The van der Waals surface area contributed by atoms with E-state index < -0.39 is 50.0 Å². The smallest absolute Gasteiger partial charge is 0.425 e. The van der Waals surface area contributed by atoms with E-state index in [1.54, 1.807) is 0 Å². The summed E-state index contributed by atoms with van der Waals surface area (Å²) in [5.74, 6) is -3.90. The summed E-state index contributed by atoms with van der Waals surface area (Å²) >= 11 is 0. The van der Waals surface area contributed by atoms with Crippen molar-refractivity contribution < 1.29 is 49.1 Å². The third-order valence-electron chi connectivity index (χ3n) is 1.51. The number of nitrogens with one attached hydrogen (secondary N) is 1. The Hall–Kier alpha value is -1.67. The molecule has 0 amide bonds. The van der Waals surface area contributed by atoms with Crippen LogP contribution in [0.1, 0.15) is 0 Å². The third-order valence-corrected chi connectivity index (χ3v) is 4.54. The van der Waals surface area contributed by atoms with E-state index in [1.807, 2.05) is 0 Å². The Morgan fingerprint density at radius 2 is 1.71 bits per heavy atom. The molecular weight excluding hydrogens is 347 g/mol. The van der Waals surface area contributed by atoms with Gasteiger partial charge in [0.25, 0.3) is 10.0 Å². The predicted molar refractivity (Wildman–Crippen MR) is 59.1 cm³/mol.